The molecule has 28 heavy (non-hydrogen) atoms. The number of urea groups is 1. The highest BCUT2D eigenvalue weighted by Gasteiger charge is 2.28. The Morgan fingerprint density at radius 1 is 1.07 bits per heavy atom. The number of aromatic nitrogens is 2. The predicted molar refractivity (Wildman–Crippen MR) is 114 cm³/mol. The topological polar surface area (TPSA) is 71.3 Å². The van der Waals surface area contributed by atoms with Crippen LogP contribution < -0.4 is 5.32 Å². The van der Waals surface area contributed by atoms with Gasteiger partial charge in [-0.15, -0.1) is 0 Å². The summed E-state index contributed by atoms with van der Waals surface area (Å²) in [6, 6.07) is 15.2. The first-order valence-corrected chi connectivity index (χ1v) is 10.6. The summed E-state index contributed by atoms with van der Waals surface area (Å²) >= 11 is 6.82. The molecule has 1 saturated heterocycles. The van der Waals surface area contributed by atoms with Crippen molar-refractivity contribution in [2.75, 3.05) is 18.4 Å². The number of halogens is 2. The van der Waals surface area contributed by atoms with E-state index in [2.05, 4.69) is 47.3 Å². The minimum Gasteiger partial charge on any atom is -0.339 e. The van der Waals surface area contributed by atoms with E-state index >= 15 is 0 Å². The Hall–Kier alpha value is -2.19. The second kappa shape index (κ2) is 8.45. The van der Waals surface area contributed by atoms with Crippen LogP contribution in [0.4, 0.5) is 10.5 Å². The molecule has 1 aromatic heterocycles. The molecule has 2 amide bonds. The van der Waals surface area contributed by atoms with Crippen molar-refractivity contribution in [3.05, 3.63) is 63.4 Å². The molecule has 1 aliphatic heterocycles. The van der Waals surface area contributed by atoms with Crippen molar-refractivity contribution in [2.45, 2.75) is 18.8 Å². The van der Waals surface area contributed by atoms with E-state index in [0.717, 1.165) is 33.0 Å². The molecule has 2 aromatic carbocycles. The lowest BCUT2D eigenvalue weighted by atomic mass is 9.98. The fraction of sp³-hybridized carbons (Fsp3) is 0.250. The van der Waals surface area contributed by atoms with Crippen LogP contribution in [0.3, 0.4) is 0 Å². The van der Waals surface area contributed by atoms with Gasteiger partial charge in [0.2, 0.25) is 11.7 Å². The third kappa shape index (κ3) is 4.44. The molecular formula is C20H18Br2N4O2. The molecule has 1 atom stereocenters. The Kier molecular flexibility index (Phi) is 5.77. The highest BCUT2D eigenvalue weighted by Crippen LogP contribution is 2.28. The number of rotatable bonds is 3. The molecule has 3 aromatic rings. The van der Waals surface area contributed by atoms with Gasteiger partial charge < -0.3 is 14.7 Å². The Balaban J connectivity index is 1.43. The van der Waals surface area contributed by atoms with Crippen LogP contribution in [-0.4, -0.2) is 34.2 Å². The van der Waals surface area contributed by atoms with Crippen LogP contribution in [0.5, 0.6) is 0 Å². The molecule has 8 heteroatoms. The number of nitrogens with zero attached hydrogens (tertiary/aromatic N) is 3. The molecular weight excluding hydrogens is 488 g/mol. The maximum Gasteiger partial charge on any atom is 0.321 e. The quantitative estimate of drug-likeness (QED) is 0.497. The largest absolute Gasteiger partial charge is 0.339 e. The average molecular weight is 506 g/mol. The van der Waals surface area contributed by atoms with Gasteiger partial charge in [0.05, 0.1) is 5.92 Å². The first-order valence-electron chi connectivity index (χ1n) is 8.99. The highest BCUT2D eigenvalue weighted by molar-refractivity contribution is 9.10. The number of carbonyl (C=O) groups excluding carboxylic acids is 1. The molecule has 2 heterocycles. The zero-order valence-corrected chi connectivity index (χ0v) is 18.1. The number of hydrogen-bond acceptors (Lipinski definition) is 4. The number of anilines is 1. The van der Waals surface area contributed by atoms with Crippen LogP contribution in [0.2, 0.25) is 0 Å². The number of benzene rings is 2. The molecule has 1 N–H and O–H groups in total. The summed E-state index contributed by atoms with van der Waals surface area (Å²) in [4.78, 5) is 19.0. The monoisotopic (exact) mass is 504 g/mol. The zero-order chi connectivity index (χ0) is 19.5. The molecule has 0 aliphatic carbocycles. The molecule has 0 bridgehead atoms. The number of carbonyl (C=O) groups is 1. The molecule has 0 spiro atoms. The van der Waals surface area contributed by atoms with Gasteiger partial charge in [0, 0.05) is 33.3 Å². The van der Waals surface area contributed by atoms with Crippen LogP contribution >= 0.6 is 31.9 Å². The maximum atomic E-state index is 12.6. The number of nitrogens with one attached hydrogen (secondary N) is 1. The number of amides is 2. The van der Waals surface area contributed by atoms with Crippen molar-refractivity contribution in [3.8, 4) is 11.4 Å². The van der Waals surface area contributed by atoms with Crippen molar-refractivity contribution < 1.29 is 9.32 Å². The summed E-state index contributed by atoms with van der Waals surface area (Å²) < 4.78 is 7.49. The fourth-order valence-electron chi connectivity index (χ4n) is 3.22. The van der Waals surface area contributed by atoms with E-state index in [-0.39, 0.29) is 11.9 Å². The van der Waals surface area contributed by atoms with Crippen molar-refractivity contribution in [1.29, 1.82) is 0 Å². The van der Waals surface area contributed by atoms with E-state index in [1.165, 1.54) is 0 Å². The Labute approximate surface area is 179 Å². The van der Waals surface area contributed by atoms with Gasteiger partial charge in [-0.1, -0.05) is 37.0 Å². The van der Waals surface area contributed by atoms with E-state index in [9.17, 15) is 4.79 Å². The summed E-state index contributed by atoms with van der Waals surface area (Å²) in [6.45, 7) is 1.27. The third-order valence-corrected chi connectivity index (χ3v) is 5.75. The molecule has 1 unspecified atom stereocenters. The van der Waals surface area contributed by atoms with E-state index in [0.29, 0.717) is 24.8 Å². The second-order valence-corrected chi connectivity index (χ2v) is 8.52. The van der Waals surface area contributed by atoms with Crippen molar-refractivity contribution in [1.82, 2.24) is 15.0 Å². The van der Waals surface area contributed by atoms with Crippen LogP contribution in [0.15, 0.2) is 62.0 Å². The van der Waals surface area contributed by atoms with Gasteiger partial charge in [0.1, 0.15) is 0 Å². The van der Waals surface area contributed by atoms with Crippen molar-refractivity contribution in [2.24, 2.45) is 0 Å². The summed E-state index contributed by atoms with van der Waals surface area (Å²) in [5, 5.41) is 7.05. The first-order chi connectivity index (χ1) is 13.6. The van der Waals surface area contributed by atoms with Gasteiger partial charge in [-0.25, -0.2) is 4.79 Å². The molecule has 144 valence electrons. The first kappa shape index (κ1) is 19.1. The Bertz CT molecular complexity index is 957. The zero-order valence-electron chi connectivity index (χ0n) is 14.9. The molecule has 0 saturated carbocycles. The third-order valence-electron chi connectivity index (χ3n) is 4.70. The smallest absolute Gasteiger partial charge is 0.321 e. The molecule has 1 aliphatic rings. The minimum absolute atomic E-state index is 0.0427. The van der Waals surface area contributed by atoms with Crippen molar-refractivity contribution >= 4 is 43.6 Å². The number of hydrogen-bond donors (Lipinski definition) is 1. The highest BCUT2D eigenvalue weighted by atomic mass is 79.9. The van der Waals surface area contributed by atoms with E-state index in [4.69, 9.17) is 4.52 Å². The summed E-state index contributed by atoms with van der Waals surface area (Å²) in [7, 11) is 0. The second-order valence-electron chi connectivity index (χ2n) is 6.69. The Morgan fingerprint density at radius 3 is 2.46 bits per heavy atom. The Morgan fingerprint density at radius 2 is 1.75 bits per heavy atom. The summed E-state index contributed by atoms with van der Waals surface area (Å²) in [6.07, 6.45) is 1.82. The maximum absolute atomic E-state index is 12.6. The average Bonchev–Trinajstić information content (AvgIpc) is 3.21. The van der Waals surface area contributed by atoms with E-state index in [1.807, 2.05) is 48.5 Å². The molecule has 6 nitrogen and oxygen atoms in total. The standard InChI is InChI=1S/C20H18Br2N4O2/c21-15-5-3-13(4-6-15)18-24-19(28-25-18)14-2-1-11-26(12-14)20(27)23-17-9-7-16(22)8-10-17/h3-10,14H,1-2,11-12H2,(H,23,27). The molecule has 1 fully saturated rings. The van der Waals surface area contributed by atoms with Gasteiger partial charge in [-0.05, 0) is 61.4 Å². The van der Waals surface area contributed by atoms with Gasteiger partial charge in [0.25, 0.3) is 0 Å². The lowest BCUT2D eigenvalue weighted by Crippen LogP contribution is -2.41. The van der Waals surface area contributed by atoms with Gasteiger partial charge in [0.15, 0.2) is 0 Å². The van der Waals surface area contributed by atoms with Crippen LogP contribution in [0.25, 0.3) is 11.4 Å². The lowest BCUT2D eigenvalue weighted by molar-refractivity contribution is 0.184. The van der Waals surface area contributed by atoms with Gasteiger partial charge in [-0.3, -0.25) is 0 Å². The normalized spacial score (nSPS) is 16.8. The minimum atomic E-state index is -0.111. The number of piperidine rings is 1. The van der Waals surface area contributed by atoms with Crippen LogP contribution in [0.1, 0.15) is 24.7 Å². The molecule has 4 rings (SSSR count). The fourth-order valence-corrected chi connectivity index (χ4v) is 3.74. The van der Waals surface area contributed by atoms with E-state index < -0.39 is 0 Å². The van der Waals surface area contributed by atoms with Gasteiger partial charge >= 0.3 is 6.03 Å². The summed E-state index contributed by atoms with van der Waals surface area (Å²) in [5.74, 6) is 1.19. The lowest BCUT2D eigenvalue weighted by Gasteiger charge is -2.31. The SMILES string of the molecule is O=C(Nc1ccc(Br)cc1)N1CCCC(c2nc(-c3ccc(Br)cc3)no2)C1. The van der Waals surface area contributed by atoms with Gasteiger partial charge in [-0.2, -0.15) is 4.98 Å². The predicted octanol–water partition coefficient (Wildman–Crippen LogP) is 5.67. The van der Waals surface area contributed by atoms with Crippen molar-refractivity contribution in [3.63, 3.8) is 0 Å². The van der Waals surface area contributed by atoms with E-state index in [1.54, 1.807) is 4.90 Å². The van der Waals surface area contributed by atoms with Crippen LogP contribution in [0, 0.1) is 0 Å². The molecule has 0 radical (unpaired) electrons. The summed E-state index contributed by atoms with van der Waals surface area (Å²) in [5.41, 5.74) is 1.67. The van der Waals surface area contributed by atoms with Crippen LogP contribution in [-0.2, 0) is 0 Å². The number of likely N-dealkylation sites (tertiary alicyclic amines) is 1.